The third-order valence-electron chi connectivity index (χ3n) is 2.50. The molecule has 1 aromatic carbocycles. The number of carbonyl (C=O) groups is 1. The molecule has 5 nitrogen and oxygen atoms in total. The molecule has 0 radical (unpaired) electrons. The van der Waals surface area contributed by atoms with E-state index in [0.717, 1.165) is 4.47 Å². The molecule has 0 saturated heterocycles. The number of ether oxygens (including phenoxy) is 1. The van der Waals surface area contributed by atoms with E-state index in [1.807, 2.05) is 6.07 Å². The number of hydrogen-bond donors (Lipinski definition) is 1. The Balaban J connectivity index is 2.22. The van der Waals surface area contributed by atoms with Gasteiger partial charge in [-0.25, -0.2) is 4.98 Å². The van der Waals surface area contributed by atoms with Gasteiger partial charge in [-0.1, -0.05) is 6.07 Å². The molecule has 1 heterocycles. The van der Waals surface area contributed by atoms with Crippen LogP contribution in [-0.2, 0) is 4.79 Å². The Morgan fingerprint density at radius 3 is 2.95 bits per heavy atom. The minimum atomic E-state index is -0.487. The van der Waals surface area contributed by atoms with Gasteiger partial charge in [-0.05, 0) is 39.7 Å². The maximum atomic E-state index is 12.0. The number of carbonyl (C=O) groups excluding carboxylic acids is 1. The van der Waals surface area contributed by atoms with Crippen LogP contribution in [-0.4, -0.2) is 18.0 Å². The SMILES string of the molecule is COc1ccc(/C=C(\C#N)C(=O)Nc2nccs2)cc1Br. The highest BCUT2D eigenvalue weighted by Crippen LogP contribution is 2.26. The topological polar surface area (TPSA) is 75.0 Å². The molecule has 1 N–H and O–H groups in total. The number of rotatable bonds is 4. The van der Waals surface area contributed by atoms with Crippen LogP contribution in [0.3, 0.4) is 0 Å². The minimum absolute atomic E-state index is 0.00210. The molecule has 0 unspecified atom stereocenters. The molecular weight excluding hydrogens is 354 g/mol. The van der Waals surface area contributed by atoms with E-state index in [2.05, 4.69) is 26.2 Å². The van der Waals surface area contributed by atoms with Crippen LogP contribution in [0.4, 0.5) is 5.13 Å². The quantitative estimate of drug-likeness (QED) is 0.666. The van der Waals surface area contributed by atoms with E-state index in [4.69, 9.17) is 10.00 Å². The second kappa shape index (κ2) is 7.02. The second-order valence-corrected chi connectivity index (χ2v) is 5.60. The Labute approximate surface area is 134 Å². The summed E-state index contributed by atoms with van der Waals surface area (Å²) in [4.78, 5) is 15.9. The molecule has 0 saturated carbocycles. The van der Waals surface area contributed by atoms with Crippen molar-refractivity contribution in [3.05, 3.63) is 45.4 Å². The number of nitrogens with zero attached hydrogens (tertiary/aromatic N) is 2. The molecular formula is C14H10BrN3O2S. The van der Waals surface area contributed by atoms with E-state index in [-0.39, 0.29) is 5.57 Å². The standard InChI is InChI=1S/C14H10BrN3O2S/c1-20-12-3-2-9(7-11(12)15)6-10(8-16)13(19)18-14-17-4-5-21-14/h2-7H,1H3,(H,17,18,19)/b10-6+. The van der Waals surface area contributed by atoms with Gasteiger partial charge in [0.15, 0.2) is 5.13 Å². The number of thiazole rings is 1. The molecule has 106 valence electrons. The molecule has 1 aromatic heterocycles. The molecule has 0 bridgehead atoms. The predicted octanol–water partition coefficient (Wildman–Crippen LogP) is 3.46. The molecule has 0 fully saturated rings. The Morgan fingerprint density at radius 2 is 2.38 bits per heavy atom. The normalized spacial score (nSPS) is 10.8. The Kier molecular flexibility index (Phi) is 5.09. The summed E-state index contributed by atoms with van der Waals surface area (Å²) >= 11 is 4.65. The summed E-state index contributed by atoms with van der Waals surface area (Å²) in [5.41, 5.74) is 0.718. The van der Waals surface area contributed by atoms with E-state index >= 15 is 0 Å². The molecule has 0 spiro atoms. The largest absolute Gasteiger partial charge is 0.496 e. The number of nitrogens with one attached hydrogen (secondary N) is 1. The van der Waals surface area contributed by atoms with Crippen molar-refractivity contribution in [2.24, 2.45) is 0 Å². The van der Waals surface area contributed by atoms with E-state index in [1.54, 1.807) is 36.9 Å². The summed E-state index contributed by atoms with van der Waals surface area (Å²) in [6.45, 7) is 0. The lowest BCUT2D eigenvalue weighted by molar-refractivity contribution is -0.112. The van der Waals surface area contributed by atoms with Crippen LogP contribution in [0.2, 0.25) is 0 Å². The van der Waals surface area contributed by atoms with Gasteiger partial charge in [-0.15, -0.1) is 11.3 Å². The number of aromatic nitrogens is 1. The van der Waals surface area contributed by atoms with Gasteiger partial charge in [0.1, 0.15) is 17.4 Å². The van der Waals surface area contributed by atoms with E-state index in [9.17, 15) is 4.79 Å². The molecule has 21 heavy (non-hydrogen) atoms. The van der Waals surface area contributed by atoms with Gasteiger partial charge >= 0.3 is 0 Å². The predicted molar refractivity (Wildman–Crippen MR) is 85.0 cm³/mol. The Bertz CT molecular complexity index is 720. The van der Waals surface area contributed by atoms with Crippen molar-refractivity contribution in [3.63, 3.8) is 0 Å². The van der Waals surface area contributed by atoms with Crippen molar-refractivity contribution in [1.82, 2.24) is 4.98 Å². The second-order valence-electron chi connectivity index (χ2n) is 3.86. The van der Waals surface area contributed by atoms with Crippen LogP contribution >= 0.6 is 27.3 Å². The maximum Gasteiger partial charge on any atom is 0.268 e. The molecule has 1 amide bonds. The number of nitriles is 1. The first-order valence-corrected chi connectivity index (χ1v) is 7.47. The summed E-state index contributed by atoms with van der Waals surface area (Å²) in [6, 6.07) is 7.18. The van der Waals surface area contributed by atoms with Gasteiger partial charge in [-0.2, -0.15) is 5.26 Å². The zero-order valence-electron chi connectivity index (χ0n) is 11.0. The van der Waals surface area contributed by atoms with Crippen molar-refractivity contribution in [1.29, 1.82) is 5.26 Å². The average Bonchev–Trinajstić information content (AvgIpc) is 2.97. The number of hydrogen-bond acceptors (Lipinski definition) is 5. The fraction of sp³-hybridized carbons (Fsp3) is 0.0714. The summed E-state index contributed by atoms with van der Waals surface area (Å²) in [7, 11) is 1.57. The van der Waals surface area contributed by atoms with Gasteiger partial charge in [-0.3, -0.25) is 10.1 Å². The minimum Gasteiger partial charge on any atom is -0.496 e. The van der Waals surface area contributed by atoms with Gasteiger partial charge < -0.3 is 4.74 Å². The molecule has 0 aliphatic rings. The van der Waals surface area contributed by atoms with Crippen molar-refractivity contribution >= 4 is 44.4 Å². The number of anilines is 1. The zero-order chi connectivity index (χ0) is 15.2. The van der Waals surface area contributed by atoms with Crippen LogP contribution in [0.5, 0.6) is 5.75 Å². The van der Waals surface area contributed by atoms with E-state index < -0.39 is 5.91 Å². The molecule has 0 atom stereocenters. The van der Waals surface area contributed by atoms with Crippen LogP contribution in [0.15, 0.2) is 39.8 Å². The summed E-state index contributed by atoms with van der Waals surface area (Å²) < 4.78 is 5.88. The maximum absolute atomic E-state index is 12.0. The highest BCUT2D eigenvalue weighted by molar-refractivity contribution is 9.10. The Morgan fingerprint density at radius 1 is 1.57 bits per heavy atom. The molecule has 2 aromatic rings. The van der Waals surface area contributed by atoms with Gasteiger partial charge in [0, 0.05) is 11.6 Å². The fourth-order valence-electron chi connectivity index (χ4n) is 1.54. The highest BCUT2D eigenvalue weighted by atomic mass is 79.9. The summed E-state index contributed by atoms with van der Waals surface area (Å²) in [5, 5.41) is 13.9. The fourth-order valence-corrected chi connectivity index (χ4v) is 2.62. The number of benzene rings is 1. The monoisotopic (exact) mass is 363 g/mol. The Hall–Kier alpha value is -2.17. The first-order chi connectivity index (χ1) is 10.1. The summed E-state index contributed by atoms with van der Waals surface area (Å²) in [5.74, 6) is 0.192. The highest BCUT2D eigenvalue weighted by Gasteiger charge is 2.11. The molecule has 7 heteroatoms. The lowest BCUT2D eigenvalue weighted by Crippen LogP contribution is -2.13. The average molecular weight is 364 g/mol. The molecule has 0 aliphatic carbocycles. The van der Waals surface area contributed by atoms with Gasteiger partial charge in [0.2, 0.25) is 0 Å². The smallest absolute Gasteiger partial charge is 0.268 e. The third kappa shape index (κ3) is 3.90. The first-order valence-electron chi connectivity index (χ1n) is 5.80. The van der Waals surface area contributed by atoms with Gasteiger partial charge in [0.05, 0.1) is 11.6 Å². The van der Waals surface area contributed by atoms with Crippen LogP contribution < -0.4 is 10.1 Å². The van der Waals surface area contributed by atoms with Crippen LogP contribution in [0.25, 0.3) is 6.08 Å². The van der Waals surface area contributed by atoms with E-state index in [0.29, 0.717) is 16.4 Å². The van der Waals surface area contributed by atoms with Crippen molar-refractivity contribution in [2.45, 2.75) is 0 Å². The van der Waals surface area contributed by atoms with Crippen LogP contribution in [0, 0.1) is 11.3 Å². The number of halogens is 1. The zero-order valence-corrected chi connectivity index (χ0v) is 13.4. The first kappa shape index (κ1) is 15.2. The van der Waals surface area contributed by atoms with Crippen molar-refractivity contribution < 1.29 is 9.53 Å². The lowest BCUT2D eigenvalue weighted by Gasteiger charge is -2.04. The van der Waals surface area contributed by atoms with Crippen molar-refractivity contribution in [2.75, 3.05) is 12.4 Å². The van der Waals surface area contributed by atoms with E-state index in [1.165, 1.54) is 17.4 Å². The molecule has 2 rings (SSSR count). The lowest BCUT2D eigenvalue weighted by atomic mass is 10.1. The van der Waals surface area contributed by atoms with Crippen LogP contribution in [0.1, 0.15) is 5.56 Å². The number of amides is 1. The van der Waals surface area contributed by atoms with Crippen molar-refractivity contribution in [3.8, 4) is 11.8 Å². The third-order valence-corrected chi connectivity index (χ3v) is 3.81. The number of methoxy groups -OCH3 is 1. The molecule has 0 aliphatic heterocycles. The summed E-state index contributed by atoms with van der Waals surface area (Å²) in [6.07, 6.45) is 3.09. The van der Waals surface area contributed by atoms with Gasteiger partial charge in [0.25, 0.3) is 5.91 Å².